The summed E-state index contributed by atoms with van der Waals surface area (Å²) in [7, 11) is 1.86. The molecular weight excluding hydrogens is 204 g/mol. The van der Waals surface area contributed by atoms with Gasteiger partial charge in [-0.2, -0.15) is 0 Å². The summed E-state index contributed by atoms with van der Waals surface area (Å²) in [6.45, 7) is 2.05. The molecule has 0 atom stereocenters. The second kappa shape index (κ2) is 4.83. The molecular formula is C11H16N4O. The van der Waals surface area contributed by atoms with E-state index >= 15 is 0 Å². The Hall–Kier alpha value is -1.78. The van der Waals surface area contributed by atoms with Crippen LogP contribution in [0, 0.1) is 0 Å². The van der Waals surface area contributed by atoms with Crippen molar-refractivity contribution in [2.75, 3.05) is 36.9 Å². The van der Waals surface area contributed by atoms with E-state index in [0.29, 0.717) is 6.54 Å². The van der Waals surface area contributed by atoms with E-state index in [2.05, 4.69) is 20.5 Å². The Kier molecular flexibility index (Phi) is 3.24. The number of carbonyl (C=O) groups excluding carboxylic acids is 1. The Bertz CT molecular complexity index is 380. The van der Waals surface area contributed by atoms with Crippen LogP contribution in [0.2, 0.25) is 0 Å². The highest BCUT2D eigenvalue weighted by molar-refractivity contribution is 5.81. The van der Waals surface area contributed by atoms with Crippen molar-refractivity contribution in [1.29, 1.82) is 0 Å². The lowest BCUT2D eigenvalue weighted by Crippen LogP contribution is -2.33. The van der Waals surface area contributed by atoms with E-state index in [0.717, 1.165) is 30.9 Å². The zero-order chi connectivity index (χ0) is 11.4. The highest BCUT2D eigenvalue weighted by Crippen LogP contribution is 2.18. The number of rotatable bonds is 2. The molecule has 2 rings (SSSR count). The standard InChI is InChI=1S/C11H16N4O/c1-12-9-5-10(7-13-6-9)15-4-2-3-14-11(16)8-15/h5-7,12H,2-4,8H2,1H3,(H,14,16). The minimum atomic E-state index is 0.0763. The average molecular weight is 220 g/mol. The van der Waals surface area contributed by atoms with Crippen LogP contribution in [0.4, 0.5) is 11.4 Å². The van der Waals surface area contributed by atoms with Crippen LogP contribution in [0.5, 0.6) is 0 Å². The molecule has 1 saturated heterocycles. The molecule has 0 spiro atoms. The number of amides is 1. The van der Waals surface area contributed by atoms with Crippen molar-refractivity contribution in [2.45, 2.75) is 6.42 Å². The van der Waals surface area contributed by atoms with Gasteiger partial charge in [-0.15, -0.1) is 0 Å². The van der Waals surface area contributed by atoms with Crippen LogP contribution >= 0.6 is 0 Å². The van der Waals surface area contributed by atoms with Crippen LogP contribution in [-0.4, -0.2) is 37.6 Å². The van der Waals surface area contributed by atoms with Gasteiger partial charge in [-0.1, -0.05) is 0 Å². The molecule has 1 aliphatic rings. The molecule has 1 fully saturated rings. The number of carbonyl (C=O) groups is 1. The van der Waals surface area contributed by atoms with Gasteiger partial charge in [-0.05, 0) is 12.5 Å². The van der Waals surface area contributed by atoms with Gasteiger partial charge in [-0.25, -0.2) is 0 Å². The first-order valence-corrected chi connectivity index (χ1v) is 5.44. The number of anilines is 2. The minimum absolute atomic E-state index is 0.0763. The van der Waals surface area contributed by atoms with Gasteiger partial charge in [0.1, 0.15) is 0 Å². The van der Waals surface area contributed by atoms with E-state index in [1.807, 2.05) is 13.1 Å². The van der Waals surface area contributed by atoms with Crippen molar-refractivity contribution < 1.29 is 4.79 Å². The van der Waals surface area contributed by atoms with Crippen molar-refractivity contribution in [2.24, 2.45) is 0 Å². The summed E-state index contributed by atoms with van der Waals surface area (Å²) < 4.78 is 0. The van der Waals surface area contributed by atoms with Crippen LogP contribution in [0.1, 0.15) is 6.42 Å². The first kappa shape index (κ1) is 10.7. The predicted octanol–water partition coefficient (Wildman–Crippen LogP) is 0.450. The summed E-state index contributed by atoms with van der Waals surface area (Å²) in [5, 5.41) is 5.90. The lowest BCUT2D eigenvalue weighted by atomic mass is 10.3. The van der Waals surface area contributed by atoms with Crippen molar-refractivity contribution in [1.82, 2.24) is 10.3 Å². The van der Waals surface area contributed by atoms with Crippen LogP contribution in [0.15, 0.2) is 18.5 Å². The average Bonchev–Trinajstić information content (AvgIpc) is 2.54. The Morgan fingerprint density at radius 3 is 3.19 bits per heavy atom. The number of pyridine rings is 1. The maximum atomic E-state index is 11.4. The van der Waals surface area contributed by atoms with E-state index in [1.165, 1.54) is 0 Å². The number of nitrogens with zero attached hydrogens (tertiary/aromatic N) is 2. The molecule has 5 heteroatoms. The van der Waals surface area contributed by atoms with Crippen LogP contribution in [-0.2, 0) is 4.79 Å². The van der Waals surface area contributed by atoms with Gasteiger partial charge in [-0.3, -0.25) is 9.78 Å². The molecule has 2 N–H and O–H groups in total. The highest BCUT2D eigenvalue weighted by Gasteiger charge is 2.15. The molecule has 1 aromatic heterocycles. The van der Waals surface area contributed by atoms with Crippen LogP contribution < -0.4 is 15.5 Å². The highest BCUT2D eigenvalue weighted by atomic mass is 16.2. The van der Waals surface area contributed by atoms with Gasteiger partial charge in [0.15, 0.2) is 0 Å². The molecule has 86 valence electrons. The third kappa shape index (κ3) is 2.42. The molecule has 1 aromatic rings. The van der Waals surface area contributed by atoms with Gasteiger partial charge >= 0.3 is 0 Å². The number of aromatic nitrogens is 1. The lowest BCUT2D eigenvalue weighted by molar-refractivity contribution is -0.119. The molecule has 0 bridgehead atoms. The number of hydrogen-bond donors (Lipinski definition) is 2. The predicted molar refractivity (Wildman–Crippen MR) is 63.6 cm³/mol. The molecule has 0 radical (unpaired) electrons. The topological polar surface area (TPSA) is 57.3 Å². The first-order chi connectivity index (χ1) is 7.79. The summed E-state index contributed by atoms with van der Waals surface area (Å²) in [6.07, 6.45) is 4.52. The molecule has 5 nitrogen and oxygen atoms in total. The normalized spacial score (nSPS) is 16.6. The monoisotopic (exact) mass is 220 g/mol. The molecule has 16 heavy (non-hydrogen) atoms. The fraction of sp³-hybridized carbons (Fsp3) is 0.455. The molecule has 0 aliphatic carbocycles. The fourth-order valence-electron chi connectivity index (χ4n) is 1.76. The molecule has 1 aliphatic heterocycles. The van der Waals surface area contributed by atoms with Crippen molar-refractivity contribution in [3.8, 4) is 0 Å². The Balaban J connectivity index is 2.17. The lowest BCUT2D eigenvalue weighted by Gasteiger charge is -2.21. The summed E-state index contributed by atoms with van der Waals surface area (Å²) in [6, 6.07) is 2.01. The third-order valence-corrected chi connectivity index (χ3v) is 2.64. The Morgan fingerprint density at radius 2 is 2.38 bits per heavy atom. The van der Waals surface area contributed by atoms with Crippen LogP contribution in [0.3, 0.4) is 0 Å². The molecule has 1 amide bonds. The number of nitrogens with one attached hydrogen (secondary N) is 2. The van der Waals surface area contributed by atoms with Gasteiger partial charge < -0.3 is 15.5 Å². The molecule has 2 heterocycles. The van der Waals surface area contributed by atoms with E-state index in [9.17, 15) is 4.79 Å². The fourth-order valence-corrected chi connectivity index (χ4v) is 1.76. The minimum Gasteiger partial charge on any atom is -0.387 e. The maximum Gasteiger partial charge on any atom is 0.239 e. The zero-order valence-electron chi connectivity index (χ0n) is 9.36. The first-order valence-electron chi connectivity index (χ1n) is 5.44. The third-order valence-electron chi connectivity index (χ3n) is 2.64. The molecule has 0 unspecified atom stereocenters. The molecule has 0 aromatic carbocycles. The second-order valence-corrected chi connectivity index (χ2v) is 3.81. The van der Waals surface area contributed by atoms with E-state index in [1.54, 1.807) is 12.4 Å². The summed E-state index contributed by atoms with van der Waals surface area (Å²) >= 11 is 0. The summed E-state index contributed by atoms with van der Waals surface area (Å²) in [5.41, 5.74) is 1.95. The van der Waals surface area contributed by atoms with Crippen molar-refractivity contribution >= 4 is 17.3 Å². The van der Waals surface area contributed by atoms with Gasteiger partial charge in [0.2, 0.25) is 5.91 Å². The Labute approximate surface area is 94.9 Å². The molecule has 0 saturated carbocycles. The van der Waals surface area contributed by atoms with Gasteiger partial charge in [0.25, 0.3) is 0 Å². The van der Waals surface area contributed by atoms with Crippen LogP contribution in [0.25, 0.3) is 0 Å². The van der Waals surface area contributed by atoms with E-state index in [4.69, 9.17) is 0 Å². The van der Waals surface area contributed by atoms with Crippen molar-refractivity contribution in [3.05, 3.63) is 18.5 Å². The smallest absolute Gasteiger partial charge is 0.239 e. The Morgan fingerprint density at radius 1 is 1.50 bits per heavy atom. The second-order valence-electron chi connectivity index (χ2n) is 3.81. The summed E-state index contributed by atoms with van der Waals surface area (Å²) in [5.74, 6) is 0.0763. The van der Waals surface area contributed by atoms with Crippen molar-refractivity contribution in [3.63, 3.8) is 0 Å². The van der Waals surface area contributed by atoms with E-state index in [-0.39, 0.29) is 5.91 Å². The van der Waals surface area contributed by atoms with Gasteiger partial charge in [0, 0.05) is 20.1 Å². The van der Waals surface area contributed by atoms with Gasteiger partial charge in [0.05, 0.1) is 30.3 Å². The maximum absolute atomic E-state index is 11.4. The SMILES string of the molecule is CNc1cncc(N2CCCNC(=O)C2)c1. The quantitative estimate of drug-likeness (QED) is 0.759. The van der Waals surface area contributed by atoms with E-state index < -0.39 is 0 Å². The number of hydrogen-bond acceptors (Lipinski definition) is 4. The summed E-state index contributed by atoms with van der Waals surface area (Å²) in [4.78, 5) is 17.6. The zero-order valence-corrected chi connectivity index (χ0v) is 9.36. The largest absolute Gasteiger partial charge is 0.387 e.